The van der Waals surface area contributed by atoms with E-state index in [9.17, 15) is 4.79 Å². The number of anilines is 2. The summed E-state index contributed by atoms with van der Waals surface area (Å²) in [6.07, 6.45) is 0. The molecule has 0 atom stereocenters. The largest absolute Gasteiger partial charge is 0.493 e. The maximum absolute atomic E-state index is 12.3. The second-order valence-electron chi connectivity index (χ2n) is 5.26. The van der Waals surface area contributed by atoms with E-state index in [1.54, 1.807) is 12.1 Å². The fourth-order valence-electron chi connectivity index (χ4n) is 2.44. The molecule has 0 fully saturated rings. The Labute approximate surface area is 141 Å². The number of rotatable bonds is 5. The third-order valence-electron chi connectivity index (χ3n) is 3.64. The minimum Gasteiger partial charge on any atom is -0.493 e. The summed E-state index contributed by atoms with van der Waals surface area (Å²) in [6, 6.07) is 8.84. The van der Waals surface area contributed by atoms with Crippen LogP contribution in [-0.2, 0) is 0 Å². The Morgan fingerprint density at radius 3 is 1.88 bits per heavy atom. The van der Waals surface area contributed by atoms with Crippen LogP contribution < -0.4 is 24.8 Å². The molecule has 0 radical (unpaired) electrons. The molecule has 128 valence electrons. The summed E-state index contributed by atoms with van der Waals surface area (Å²) < 4.78 is 15.8. The van der Waals surface area contributed by atoms with E-state index >= 15 is 0 Å². The van der Waals surface area contributed by atoms with Crippen LogP contribution in [0.25, 0.3) is 0 Å². The van der Waals surface area contributed by atoms with Gasteiger partial charge in [0.2, 0.25) is 5.75 Å². The van der Waals surface area contributed by atoms with Crippen LogP contribution in [0.3, 0.4) is 0 Å². The highest BCUT2D eigenvalue weighted by molar-refractivity contribution is 6.01. The SMILES string of the molecule is COc1cc(NC(=O)Nc2c(C)cccc2C)cc(OC)c1OC. The Bertz CT molecular complexity index is 699. The fraction of sp³-hybridized carbons (Fsp3) is 0.278. The maximum atomic E-state index is 12.3. The molecule has 0 saturated carbocycles. The second-order valence-corrected chi connectivity index (χ2v) is 5.26. The average Bonchev–Trinajstić information content (AvgIpc) is 2.57. The smallest absolute Gasteiger partial charge is 0.323 e. The predicted octanol–water partition coefficient (Wildman–Crippen LogP) is 3.97. The van der Waals surface area contributed by atoms with Crippen LogP contribution in [0.1, 0.15) is 11.1 Å². The van der Waals surface area contributed by atoms with Crippen LogP contribution in [-0.4, -0.2) is 27.4 Å². The number of ether oxygens (including phenoxy) is 3. The normalized spacial score (nSPS) is 10.0. The molecular formula is C18H22N2O4. The molecule has 0 heterocycles. The topological polar surface area (TPSA) is 68.8 Å². The Balaban J connectivity index is 2.23. The monoisotopic (exact) mass is 330 g/mol. The number of amides is 2. The summed E-state index contributed by atoms with van der Waals surface area (Å²) in [7, 11) is 4.58. The van der Waals surface area contributed by atoms with Crippen molar-refractivity contribution in [3.63, 3.8) is 0 Å². The Kier molecular flexibility index (Phi) is 5.52. The molecule has 0 aromatic heterocycles. The average molecular weight is 330 g/mol. The Morgan fingerprint density at radius 1 is 0.875 bits per heavy atom. The molecular weight excluding hydrogens is 308 g/mol. The molecule has 2 N–H and O–H groups in total. The third kappa shape index (κ3) is 3.71. The van der Waals surface area contributed by atoms with E-state index in [2.05, 4.69) is 10.6 Å². The van der Waals surface area contributed by atoms with Crippen molar-refractivity contribution in [3.05, 3.63) is 41.5 Å². The van der Waals surface area contributed by atoms with Gasteiger partial charge in [-0.05, 0) is 25.0 Å². The summed E-state index contributed by atoms with van der Waals surface area (Å²) in [5.74, 6) is 1.42. The van der Waals surface area contributed by atoms with Crippen LogP contribution in [0.15, 0.2) is 30.3 Å². The van der Waals surface area contributed by atoms with Gasteiger partial charge in [-0.2, -0.15) is 0 Å². The van der Waals surface area contributed by atoms with Gasteiger partial charge in [-0.3, -0.25) is 0 Å². The molecule has 2 amide bonds. The van der Waals surface area contributed by atoms with Gasteiger partial charge in [0.15, 0.2) is 11.5 Å². The van der Waals surface area contributed by atoms with E-state index in [0.717, 1.165) is 16.8 Å². The highest BCUT2D eigenvalue weighted by Gasteiger charge is 2.15. The number of para-hydroxylation sites is 1. The van der Waals surface area contributed by atoms with Gasteiger partial charge in [-0.15, -0.1) is 0 Å². The summed E-state index contributed by atoms with van der Waals surface area (Å²) >= 11 is 0. The zero-order chi connectivity index (χ0) is 17.7. The number of carbonyl (C=O) groups is 1. The summed E-state index contributed by atoms with van der Waals surface area (Å²) in [6.45, 7) is 3.89. The number of nitrogens with one attached hydrogen (secondary N) is 2. The van der Waals surface area contributed by atoms with Crippen molar-refractivity contribution in [2.24, 2.45) is 0 Å². The number of methoxy groups -OCH3 is 3. The van der Waals surface area contributed by atoms with Crippen molar-refractivity contribution in [1.82, 2.24) is 0 Å². The minimum atomic E-state index is -0.346. The molecule has 6 nitrogen and oxygen atoms in total. The summed E-state index contributed by atoms with van der Waals surface area (Å²) in [5, 5.41) is 5.65. The molecule has 0 aliphatic heterocycles. The van der Waals surface area contributed by atoms with Gasteiger partial charge in [-0.25, -0.2) is 4.79 Å². The van der Waals surface area contributed by atoms with Crippen molar-refractivity contribution in [2.45, 2.75) is 13.8 Å². The molecule has 2 aromatic rings. The summed E-state index contributed by atoms with van der Waals surface area (Å²) in [5.41, 5.74) is 3.32. The van der Waals surface area contributed by atoms with E-state index in [1.165, 1.54) is 21.3 Å². The standard InChI is InChI=1S/C18H22N2O4/c1-11-7-6-8-12(2)16(11)20-18(21)19-13-9-14(22-3)17(24-5)15(10-13)23-4/h6-10H,1-5H3,(H2,19,20,21). The van der Waals surface area contributed by atoms with Gasteiger partial charge >= 0.3 is 6.03 Å². The molecule has 0 spiro atoms. The van der Waals surface area contributed by atoms with Crippen molar-refractivity contribution in [3.8, 4) is 17.2 Å². The van der Waals surface area contributed by atoms with Crippen molar-refractivity contribution >= 4 is 17.4 Å². The predicted molar refractivity (Wildman–Crippen MR) is 94.7 cm³/mol. The quantitative estimate of drug-likeness (QED) is 0.870. The molecule has 0 aliphatic rings. The second kappa shape index (κ2) is 7.59. The van der Waals surface area contributed by atoms with Gasteiger partial charge in [0.05, 0.1) is 27.0 Å². The molecule has 6 heteroatoms. The lowest BCUT2D eigenvalue weighted by Gasteiger charge is -2.16. The van der Waals surface area contributed by atoms with Crippen LogP contribution in [0.4, 0.5) is 16.2 Å². The number of benzene rings is 2. The van der Waals surface area contributed by atoms with E-state index in [1.807, 2.05) is 32.0 Å². The zero-order valence-electron chi connectivity index (χ0n) is 14.5. The van der Waals surface area contributed by atoms with Crippen LogP contribution in [0.5, 0.6) is 17.2 Å². The number of carbonyl (C=O) groups excluding carboxylic acids is 1. The lowest BCUT2D eigenvalue weighted by Crippen LogP contribution is -2.20. The van der Waals surface area contributed by atoms with E-state index in [-0.39, 0.29) is 6.03 Å². The van der Waals surface area contributed by atoms with Gasteiger partial charge < -0.3 is 24.8 Å². The first kappa shape index (κ1) is 17.5. The first-order valence-corrected chi connectivity index (χ1v) is 7.44. The van der Waals surface area contributed by atoms with E-state index < -0.39 is 0 Å². The molecule has 0 bridgehead atoms. The zero-order valence-corrected chi connectivity index (χ0v) is 14.5. The minimum absolute atomic E-state index is 0.346. The van der Waals surface area contributed by atoms with Crippen LogP contribution in [0.2, 0.25) is 0 Å². The molecule has 0 unspecified atom stereocenters. The summed E-state index contributed by atoms with van der Waals surface area (Å²) in [4.78, 5) is 12.3. The van der Waals surface area contributed by atoms with Crippen LogP contribution >= 0.6 is 0 Å². The van der Waals surface area contributed by atoms with E-state index in [0.29, 0.717) is 22.9 Å². The first-order chi connectivity index (χ1) is 11.5. The van der Waals surface area contributed by atoms with Gasteiger partial charge in [0, 0.05) is 17.8 Å². The highest BCUT2D eigenvalue weighted by atomic mass is 16.5. The van der Waals surface area contributed by atoms with Gasteiger partial charge in [-0.1, -0.05) is 18.2 Å². The Morgan fingerprint density at radius 2 is 1.42 bits per heavy atom. The lowest BCUT2D eigenvalue weighted by atomic mass is 10.1. The Hall–Kier alpha value is -2.89. The van der Waals surface area contributed by atoms with Crippen molar-refractivity contribution in [2.75, 3.05) is 32.0 Å². The number of hydrogen-bond donors (Lipinski definition) is 2. The van der Waals surface area contributed by atoms with Gasteiger partial charge in [0.1, 0.15) is 0 Å². The molecule has 24 heavy (non-hydrogen) atoms. The molecule has 2 rings (SSSR count). The van der Waals surface area contributed by atoms with Crippen molar-refractivity contribution in [1.29, 1.82) is 0 Å². The number of hydrogen-bond acceptors (Lipinski definition) is 4. The third-order valence-corrected chi connectivity index (χ3v) is 3.64. The van der Waals surface area contributed by atoms with Crippen molar-refractivity contribution < 1.29 is 19.0 Å². The molecule has 0 saturated heterocycles. The molecule has 2 aromatic carbocycles. The van der Waals surface area contributed by atoms with Crippen LogP contribution in [0, 0.1) is 13.8 Å². The van der Waals surface area contributed by atoms with E-state index in [4.69, 9.17) is 14.2 Å². The maximum Gasteiger partial charge on any atom is 0.323 e. The molecule has 0 aliphatic carbocycles. The fourth-order valence-corrected chi connectivity index (χ4v) is 2.44. The number of urea groups is 1. The lowest BCUT2D eigenvalue weighted by molar-refractivity contribution is 0.262. The first-order valence-electron chi connectivity index (χ1n) is 7.44. The van der Waals surface area contributed by atoms with Gasteiger partial charge in [0.25, 0.3) is 0 Å². The number of aryl methyl sites for hydroxylation is 2. The highest BCUT2D eigenvalue weighted by Crippen LogP contribution is 2.39.